The number of rotatable bonds is 3. The second-order valence-electron chi connectivity index (χ2n) is 3.28. The van der Waals surface area contributed by atoms with E-state index < -0.39 is 0 Å². The largest absolute Gasteiger partial charge is 0.395 e. The molecule has 82 valence electrons. The highest BCUT2D eigenvalue weighted by Gasteiger charge is 2.37. The summed E-state index contributed by atoms with van der Waals surface area (Å²) in [5, 5.41) is 18.9. The summed E-state index contributed by atoms with van der Waals surface area (Å²) in [5.41, 5.74) is 0. The van der Waals surface area contributed by atoms with Crippen molar-refractivity contribution in [3.63, 3.8) is 0 Å². The Labute approximate surface area is 101 Å². The van der Waals surface area contributed by atoms with Gasteiger partial charge in [-0.25, -0.2) is 0 Å². The predicted octanol–water partition coefficient (Wildman–Crippen LogP) is 1.32. The molecule has 6 heteroatoms. The molecule has 0 saturated carbocycles. The zero-order valence-electron chi connectivity index (χ0n) is 7.67. The summed E-state index contributed by atoms with van der Waals surface area (Å²) in [4.78, 5) is 0. The highest BCUT2D eigenvalue weighted by atomic mass is 32.2. The molecule has 2 aliphatic heterocycles. The van der Waals surface area contributed by atoms with E-state index in [0.29, 0.717) is 32.9 Å². The van der Waals surface area contributed by atoms with Gasteiger partial charge < -0.3 is 10.2 Å². The average Bonchev–Trinajstić information content (AvgIpc) is 2.86. The quantitative estimate of drug-likeness (QED) is 0.806. The third kappa shape index (κ3) is 2.71. The van der Waals surface area contributed by atoms with Gasteiger partial charge in [0.15, 0.2) is 0 Å². The van der Waals surface area contributed by atoms with Gasteiger partial charge in [0.25, 0.3) is 0 Å². The smallest absolute Gasteiger partial charge is 0.0716 e. The number of thioether (sulfide) groups is 4. The van der Waals surface area contributed by atoms with Crippen LogP contribution in [0.4, 0.5) is 0 Å². The first kappa shape index (κ1) is 11.8. The summed E-state index contributed by atoms with van der Waals surface area (Å²) < 4.78 is 1.22. The number of hydrogen-bond acceptors (Lipinski definition) is 6. The number of aliphatic hydroxyl groups excluding tert-OH is 2. The molecule has 0 aromatic rings. The lowest BCUT2D eigenvalue weighted by molar-refractivity contribution is 0.301. The fraction of sp³-hybridized carbons (Fsp3) is 1.00. The first-order chi connectivity index (χ1) is 6.83. The summed E-state index contributed by atoms with van der Waals surface area (Å²) in [7, 11) is 0. The van der Waals surface area contributed by atoms with Crippen LogP contribution in [0, 0.1) is 0 Å². The van der Waals surface area contributed by atoms with E-state index in [4.69, 9.17) is 10.2 Å². The molecular weight excluding hydrogens is 256 g/mol. The molecule has 14 heavy (non-hydrogen) atoms. The zero-order chi connectivity index (χ0) is 9.97. The maximum absolute atomic E-state index is 9.04. The van der Waals surface area contributed by atoms with Crippen LogP contribution in [-0.2, 0) is 0 Å². The summed E-state index contributed by atoms with van der Waals surface area (Å²) in [6.45, 7) is 0.610. The van der Waals surface area contributed by atoms with E-state index in [2.05, 4.69) is 0 Å². The van der Waals surface area contributed by atoms with Crippen LogP contribution in [0.5, 0.6) is 0 Å². The van der Waals surface area contributed by atoms with Gasteiger partial charge in [0.2, 0.25) is 0 Å². The SMILES string of the molecule is OCC1CSC(C2SCC(CO)S2)S1. The monoisotopic (exact) mass is 270 g/mol. The van der Waals surface area contributed by atoms with E-state index in [0.717, 1.165) is 11.5 Å². The van der Waals surface area contributed by atoms with Crippen LogP contribution in [0.3, 0.4) is 0 Å². The Bertz CT molecular complexity index is 172. The van der Waals surface area contributed by atoms with Gasteiger partial charge in [-0.2, -0.15) is 0 Å². The second kappa shape index (κ2) is 5.59. The van der Waals surface area contributed by atoms with Gasteiger partial charge >= 0.3 is 0 Å². The van der Waals surface area contributed by atoms with Gasteiger partial charge in [-0.05, 0) is 0 Å². The lowest BCUT2D eigenvalue weighted by atomic mass is 10.5. The van der Waals surface area contributed by atoms with E-state index in [1.54, 1.807) is 0 Å². The van der Waals surface area contributed by atoms with Gasteiger partial charge in [-0.3, -0.25) is 0 Å². The zero-order valence-corrected chi connectivity index (χ0v) is 10.9. The van der Waals surface area contributed by atoms with Gasteiger partial charge in [0.1, 0.15) is 0 Å². The Balaban J connectivity index is 1.80. The third-order valence-corrected chi connectivity index (χ3v) is 9.64. The Morgan fingerprint density at radius 3 is 1.57 bits per heavy atom. The molecule has 0 aromatic carbocycles. The van der Waals surface area contributed by atoms with Crippen molar-refractivity contribution in [2.45, 2.75) is 19.7 Å². The Morgan fingerprint density at radius 1 is 0.857 bits per heavy atom. The maximum atomic E-state index is 9.04. The van der Waals surface area contributed by atoms with Crippen molar-refractivity contribution in [3.8, 4) is 0 Å². The molecule has 2 N–H and O–H groups in total. The van der Waals surface area contributed by atoms with E-state index >= 15 is 0 Å². The molecule has 2 aliphatic rings. The molecule has 2 nitrogen and oxygen atoms in total. The van der Waals surface area contributed by atoms with Crippen LogP contribution < -0.4 is 0 Å². The first-order valence-corrected chi connectivity index (χ1v) is 8.57. The van der Waals surface area contributed by atoms with Crippen molar-refractivity contribution in [1.82, 2.24) is 0 Å². The van der Waals surface area contributed by atoms with Gasteiger partial charge in [0, 0.05) is 22.0 Å². The molecule has 0 radical (unpaired) electrons. The fourth-order valence-electron chi connectivity index (χ4n) is 1.42. The number of hydrogen-bond donors (Lipinski definition) is 2. The Morgan fingerprint density at radius 2 is 1.29 bits per heavy atom. The first-order valence-electron chi connectivity index (χ1n) is 4.59. The Hall–Kier alpha value is 1.32. The van der Waals surface area contributed by atoms with E-state index in [-0.39, 0.29) is 0 Å². The molecule has 4 atom stereocenters. The molecule has 0 amide bonds. The second-order valence-corrected chi connectivity index (χ2v) is 9.12. The van der Waals surface area contributed by atoms with Crippen LogP contribution in [0.1, 0.15) is 0 Å². The van der Waals surface area contributed by atoms with Crippen molar-refractivity contribution in [1.29, 1.82) is 0 Å². The molecule has 4 unspecified atom stereocenters. The van der Waals surface area contributed by atoms with Crippen molar-refractivity contribution in [2.75, 3.05) is 24.7 Å². The highest BCUT2D eigenvalue weighted by Crippen LogP contribution is 2.51. The van der Waals surface area contributed by atoms with Crippen molar-refractivity contribution >= 4 is 47.0 Å². The van der Waals surface area contributed by atoms with Crippen LogP contribution in [-0.4, -0.2) is 54.6 Å². The molecular formula is C8H14O2S4. The third-order valence-electron chi connectivity index (χ3n) is 2.18. The molecule has 2 fully saturated rings. The number of aliphatic hydroxyl groups is 2. The van der Waals surface area contributed by atoms with Gasteiger partial charge in [0.05, 0.1) is 22.4 Å². The fourth-order valence-corrected chi connectivity index (χ4v) is 8.79. The maximum Gasteiger partial charge on any atom is 0.0716 e. The molecule has 0 aliphatic carbocycles. The predicted molar refractivity (Wildman–Crippen MR) is 69.4 cm³/mol. The van der Waals surface area contributed by atoms with Crippen LogP contribution in [0.2, 0.25) is 0 Å². The lowest BCUT2D eigenvalue weighted by Gasteiger charge is -2.15. The van der Waals surface area contributed by atoms with Crippen LogP contribution >= 0.6 is 47.0 Å². The summed E-state index contributed by atoms with van der Waals surface area (Å²) in [6, 6.07) is 0. The normalized spacial score (nSPS) is 43.3. The molecule has 2 rings (SSSR count). The minimum Gasteiger partial charge on any atom is -0.395 e. The van der Waals surface area contributed by atoms with E-state index in [1.807, 2.05) is 47.0 Å². The van der Waals surface area contributed by atoms with Crippen LogP contribution in [0.15, 0.2) is 0 Å². The molecule has 0 aromatic heterocycles. The minimum absolute atomic E-state index is 0.305. The molecule has 0 spiro atoms. The van der Waals surface area contributed by atoms with Gasteiger partial charge in [-0.1, -0.05) is 0 Å². The molecule has 2 saturated heterocycles. The van der Waals surface area contributed by atoms with Crippen molar-refractivity contribution in [3.05, 3.63) is 0 Å². The lowest BCUT2D eigenvalue weighted by Crippen LogP contribution is -2.11. The summed E-state index contributed by atoms with van der Waals surface area (Å²) >= 11 is 7.75. The summed E-state index contributed by atoms with van der Waals surface area (Å²) in [5.74, 6) is 2.15. The van der Waals surface area contributed by atoms with E-state index in [9.17, 15) is 0 Å². The molecule has 2 heterocycles. The topological polar surface area (TPSA) is 40.5 Å². The average molecular weight is 270 g/mol. The van der Waals surface area contributed by atoms with Crippen molar-refractivity contribution < 1.29 is 10.2 Å². The standard InChI is InChI=1S/C8H14O2S4/c9-1-5-3-11-7(13-5)8-12-4-6(2-10)14-8/h5-10H,1-4H2. The van der Waals surface area contributed by atoms with Gasteiger partial charge in [-0.15, -0.1) is 47.0 Å². The van der Waals surface area contributed by atoms with Crippen LogP contribution in [0.25, 0.3) is 0 Å². The Kier molecular flexibility index (Phi) is 4.71. The highest BCUT2D eigenvalue weighted by molar-refractivity contribution is 8.26. The minimum atomic E-state index is 0.305. The molecule has 0 bridgehead atoms. The van der Waals surface area contributed by atoms with Crippen molar-refractivity contribution in [2.24, 2.45) is 0 Å². The van der Waals surface area contributed by atoms with E-state index in [1.165, 1.54) is 0 Å². The summed E-state index contributed by atoms with van der Waals surface area (Å²) in [6.07, 6.45) is 0.